The Hall–Kier alpha value is -1.69. The van der Waals surface area contributed by atoms with Gasteiger partial charge in [-0.25, -0.2) is 0 Å². The van der Waals surface area contributed by atoms with Crippen molar-refractivity contribution in [2.75, 3.05) is 31.1 Å². The summed E-state index contributed by atoms with van der Waals surface area (Å²) in [5.41, 5.74) is 0.0250. The SMILES string of the molecule is O=[N+]([O-])c1c(F)cccc1N1CCN2CCCC[C@@H]2C1. The Morgan fingerprint density at radius 1 is 1.25 bits per heavy atom. The average molecular weight is 279 g/mol. The summed E-state index contributed by atoms with van der Waals surface area (Å²) in [7, 11) is 0. The molecule has 0 aromatic heterocycles. The second kappa shape index (κ2) is 5.36. The van der Waals surface area contributed by atoms with Crippen LogP contribution in [-0.2, 0) is 0 Å². The Balaban J connectivity index is 1.86. The molecule has 3 rings (SSSR count). The maximum Gasteiger partial charge on any atom is 0.327 e. The van der Waals surface area contributed by atoms with Crippen molar-refractivity contribution in [2.24, 2.45) is 0 Å². The third-order valence-corrected chi connectivity index (χ3v) is 4.33. The molecular weight excluding hydrogens is 261 g/mol. The third-order valence-electron chi connectivity index (χ3n) is 4.33. The van der Waals surface area contributed by atoms with E-state index in [0.29, 0.717) is 11.7 Å². The van der Waals surface area contributed by atoms with Crippen LogP contribution < -0.4 is 4.90 Å². The number of nitro benzene ring substituents is 1. The first-order valence-electron chi connectivity index (χ1n) is 7.08. The van der Waals surface area contributed by atoms with Crippen molar-refractivity contribution in [2.45, 2.75) is 25.3 Å². The van der Waals surface area contributed by atoms with Gasteiger partial charge in [0.25, 0.3) is 0 Å². The fourth-order valence-corrected chi connectivity index (χ4v) is 3.31. The summed E-state index contributed by atoms with van der Waals surface area (Å²) >= 11 is 0. The second-order valence-electron chi connectivity index (χ2n) is 5.50. The van der Waals surface area contributed by atoms with Crippen LogP contribution in [0.2, 0.25) is 0 Å². The van der Waals surface area contributed by atoms with Gasteiger partial charge in [-0.05, 0) is 31.5 Å². The number of para-hydroxylation sites is 1. The van der Waals surface area contributed by atoms with E-state index < -0.39 is 16.4 Å². The van der Waals surface area contributed by atoms with Gasteiger partial charge in [0, 0.05) is 25.7 Å². The predicted molar refractivity (Wildman–Crippen MR) is 74.5 cm³/mol. The van der Waals surface area contributed by atoms with Crippen LogP contribution >= 0.6 is 0 Å². The zero-order valence-electron chi connectivity index (χ0n) is 11.3. The van der Waals surface area contributed by atoms with Gasteiger partial charge < -0.3 is 4.90 Å². The van der Waals surface area contributed by atoms with E-state index in [0.717, 1.165) is 38.7 Å². The van der Waals surface area contributed by atoms with Crippen molar-refractivity contribution < 1.29 is 9.31 Å². The summed E-state index contributed by atoms with van der Waals surface area (Å²) < 4.78 is 13.7. The maximum absolute atomic E-state index is 13.7. The minimum absolute atomic E-state index is 0.392. The summed E-state index contributed by atoms with van der Waals surface area (Å²) in [5.74, 6) is -0.751. The number of piperazine rings is 1. The van der Waals surface area contributed by atoms with Gasteiger partial charge in [-0.15, -0.1) is 0 Å². The molecule has 2 aliphatic rings. The molecule has 2 fully saturated rings. The van der Waals surface area contributed by atoms with Crippen molar-refractivity contribution in [3.63, 3.8) is 0 Å². The van der Waals surface area contributed by atoms with E-state index in [-0.39, 0.29) is 0 Å². The van der Waals surface area contributed by atoms with E-state index in [2.05, 4.69) is 4.90 Å². The van der Waals surface area contributed by atoms with Gasteiger partial charge in [-0.1, -0.05) is 12.5 Å². The van der Waals surface area contributed by atoms with Crippen LogP contribution in [0.1, 0.15) is 19.3 Å². The van der Waals surface area contributed by atoms with E-state index in [1.165, 1.54) is 12.8 Å². The molecule has 0 unspecified atom stereocenters. The molecule has 1 atom stereocenters. The molecule has 0 amide bonds. The van der Waals surface area contributed by atoms with E-state index in [1.807, 2.05) is 4.90 Å². The first-order chi connectivity index (χ1) is 9.66. The quantitative estimate of drug-likeness (QED) is 0.616. The molecular formula is C14H18FN3O2. The highest BCUT2D eigenvalue weighted by Gasteiger charge is 2.32. The molecule has 0 N–H and O–H groups in total. The second-order valence-corrected chi connectivity index (χ2v) is 5.50. The Morgan fingerprint density at radius 3 is 2.90 bits per heavy atom. The lowest BCUT2D eigenvalue weighted by Crippen LogP contribution is -2.55. The molecule has 108 valence electrons. The van der Waals surface area contributed by atoms with Crippen LogP contribution in [-0.4, -0.2) is 42.0 Å². The van der Waals surface area contributed by atoms with Gasteiger partial charge in [0.15, 0.2) is 0 Å². The summed E-state index contributed by atoms with van der Waals surface area (Å²) in [6.07, 6.45) is 3.57. The number of hydrogen-bond donors (Lipinski definition) is 0. The molecule has 1 aromatic carbocycles. The van der Waals surface area contributed by atoms with Crippen LogP contribution in [0.15, 0.2) is 18.2 Å². The van der Waals surface area contributed by atoms with Gasteiger partial charge in [-0.2, -0.15) is 4.39 Å². The van der Waals surface area contributed by atoms with Gasteiger partial charge in [0.1, 0.15) is 5.69 Å². The number of halogens is 1. The topological polar surface area (TPSA) is 49.6 Å². The number of rotatable bonds is 2. The summed E-state index contributed by atoms with van der Waals surface area (Å²) in [4.78, 5) is 14.9. The van der Waals surface area contributed by atoms with Gasteiger partial charge in [-0.3, -0.25) is 15.0 Å². The third kappa shape index (κ3) is 2.35. The Morgan fingerprint density at radius 2 is 2.10 bits per heavy atom. The molecule has 1 aromatic rings. The zero-order valence-corrected chi connectivity index (χ0v) is 11.3. The molecule has 0 spiro atoms. The smallest absolute Gasteiger partial charge is 0.327 e. The fraction of sp³-hybridized carbons (Fsp3) is 0.571. The first-order valence-corrected chi connectivity index (χ1v) is 7.08. The van der Waals surface area contributed by atoms with E-state index >= 15 is 0 Å². The highest BCUT2D eigenvalue weighted by atomic mass is 19.1. The van der Waals surface area contributed by atoms with Crippen LogP contribution in [0.5, 0.6) is 0 Å². The minimum Gasteiger partial charge on any atom is -0.363 e. The standard InChI is InChI=1S/C14H18FN3O2/c15-12-5-3-6-13(14(12)18(19)20)17-9-8-16-7-2-1-4-11(16)10-17/h3,5-6,11H,1-2,4,7-10H2/t11-/m1/s1. The van der Waals surface area contributed by atoms with E-state index in [4.69, 9.17) is 0 Å². The Kier molecular flexibility index (Phi) is 3.56. The number of fused-ring (bicyclic) bond motifs is 1. The van der Waals surface area contributed by atoms with Gasteiger partial charge in [0.05, 0.1) is 4.92 Å². The summed E-state index contributed by atoms with van der Waals surface area (Å²) in [5, 5.41) is 11.1. The minimum atomic E-state index is -0.751. The highest BCUT2D eigenvalue weighted by molar-refractivity contribution is 5.64. The fourth-order valence-electron chi connectivity index (χ4n) is 3.31. The summed E-state index contributed by atoms with van der Waals surface area (Å²) in [6.45, 7) is 3.49. The number of hydrogen-bond acceptors (Lipinski definition) is 4. The monoisotopic (exact) mass is 279 g/mol. The number of anilines is 1. The lowest BCUT2D eigenvalue weighted by atomic mass is 9.99. The molecule has 0 saturated carbocycles. The molecule has 2 saturated heterocycles. The Labute approximate surface area is 117 Å². The largest absolute Gasteiger partial charge is 0.363 e. The number of nitrogens with zero attached hydrogens (tertiary/aromatic N) is 3. The Bertz CT molecular complexity index is 523. The first kappa shape index (κ1) is 13.3. The number of benzene rings is 1. The molecule has 0 bridgehead atoms. The molecule has 0 radical (unpaired) electrons. The lowest BCUT2D eigenvalue weighted by molar-refractivity contribution is -0.386. The van der Waals surface area contributed by atoms with Crippen molar-refractivity contribution >= 4 is 11.4 Å². The maximum atomic E-state index is 13.7. The lowest BCUT2D eigenvalue weighted by Gasteiger charge is -2.44. The van der Waals surface area contributed by atoms with Crippen LogP contribution in [0.4, 0.5) is 15.8 Å². The van der Waals surface area contributed by atoms with E-state index in [1.54, 1.807) is 12.1 Å². The zero-order chi connectivity index (χ0) is 14.1. The molecule has 2 aliphatic heterocycles. The van der Waals surface area contributed by atoms with E-state index in [9.17, 15) is 14.5 Å². The molecule has 6 heteroatoms. The number of nitro groups is 1. The van der Waals surface area contributed by atoms with Crippen LogP contribution in [0, 0.1) is 15.9 Å². The van der Waals surface area contributed by atoms with Gasteiger partial charge >= 0.3 is 5.69 Å². The van der Waals surface area contributed by atoms with Crippen LogP contribution in [0.25, 0.3) is 0 Å². The van der Waals surface area contributed by atoms with Crippen molar-refractivity contribution in [3.8, 4) is 0 Å². The normalized spacial score (nSPS) is 23.4. The van der Waals surface area contributed by atoms with Crippen molar-refractivity contribution in [3.05, 3.63) is 34.1 Å². The van der Waals surface area contributed by atoms with Crippen LogP contribution in [0.3, 0.4) is 0 Å². The molecule has 0 aliphatic carbocycles. The van der Waals surface area contributed by atoms with Gasteiger partial charge in [0.2, 0.25) is 5.82 Å². The summed E-state index contributed by atoms with van der Waals surface area (Å²) in [6, 6.07) is 4.80. The average Bonchev–Trinajstić information content (AvgIpc) is 2.46. The highest BCUT2D eigenvalue weighted by Crippen LogP contribution is 2.33. The predicted octanol–water partition coefficient (Wildman–Crippen LogP) is 2.41. The molecule has 5 nitrogen and oxygen atoms in total. The molecule has 20 heavy (non-hydrogen) atoms. The number of piperidine rings is 1. The van der Waals surface area contributed by atoms with Crippen molar-refractivity contribution in [1.82, 2.24) is 4.90 Å². The van der Waals surface area contributed by atoms with Crippen molar-refractivity contribution in [1.29, 1.82) is 0 Å². The molecule has 2 heterocycles.